The highest BCUT2D eigenvalue weighted by atomic mass is 15.3. The zero-order valence-electron chi connectivity index (χ0n) is 10.3. The van der Waals surface area contributed by atoms with E-state index >= 15 is 0 Å². The van der Waals surface area contributed by atoms with Crippen molar-refractivity contribution in [2.45, 2.75) is 40.2 Å². The largest absolute Gasteiger partial charge is 0.316 e. The van der Waals surface area contributed by atoms with Gasteiger partial charge in [-0.1, -0.05) is 13.8 Å². The zero-order valence-corrected chi connectivity index (χ0v) is 10.3. The Morgan fingerprint density at radius 3 is 2.67 bits per heavy atom. The van der Waals surface area contributed by atoms with Gasteiger partial charge in [-0.2, -0.15) is 5.10 Å². The highest BCUT2D eigenvalue weighted by Crippen LogP contribution is 2.09. The third-order valence-corrected chi connectivity index (χ3v) is 2.47. The molecule has 0 aliphatic heterocycles. The van der Waals surface area contributed by atoms with Gasteiger partial charge in [-0.25, -0.2) is 0 Å². The van der Waals surface area contributed by atoms with Crippen molar-refractivity contribution in [1.82, 2.24) is 15.1 Å². The van der Waals surface area contributed by atoms with Crippen LogP contribution in [0.25, 0.3) is 0 Å². The molecule has 3 heteroatoms. The molecule has 0 aromatic carbocycles. The molecule has 0 amide bonds. The van der Waals surface area contributed by atoms with Gasteiger partial charge in [0.1, 0.15) is 0 Å². The van der Waals surface area contributed by atoms with Crippen molar-refractivity contribution in [3.05, 3.63) is 18.0 Å². The summed E-state index contributed by atoms with van der Waals surface area (Å²) in [7, 11) is 0. The van der Waals surface area contributed by atoms with E-state index in [9.17, 15) is 0 Å². The van der Waals surface area contributed by atoms with Crippen LogP contribution in [0.3, 0.4) is 0 Å². The monoisotopic (exact) mass is 209 g/mol. The molecule has 1 N–H and O–H groups in total. The van der Waals surface area contributed by atoms with Crippen LogP contribution in [-0.2, 0) is 0 Å². The molecule has 0 saturated heterocycles. The Kier molecular flexibility index (Phi) is 4.82. The maximum Gasteiger partial charge on any atom is 0.0519 e. The Morgan fingerprint density at radius 2 is 2.13 bits per heavy atom. The summed E-state index contributed by atoms with van der Waals surface area (Å²) in [5.74, 6) is 0.729. The van der Waals surface area contributed by atoms with Gasteiger partial charge in [0.15, 0.2) is 0 Å². The van der Waals surface area contributed by atoms with E-state index < -0.39 is 0 Å². The van der Waals surface area contributed by atoms with Crippen molar-refractivity contribution < 1.29 is 0 Å². The quantitative estimate of drug-likeness (QED) is 0.729. The maximum atomic E-state index is 4.32. The van der Waals surface area contributed by atoms with Gasteiger partial charge in [-0.05, 0) is 44.8 Å². The van der Waals surface area contributed by atoms with Gasteiger partial charge in [-0.15, -0.1) is 0 Å². The van der Waals surface area contributed by atoms with E-state index in [2.05, 4.69) is 44.3 Å². The van der Waals surface area contributed by atoms with Gasteiger partial charge in [0.25, 0.3) is 0 Å². The Morgan fingerprint density at radius 1 is 1.40 bits per heavy atom. The van der Waals surface area contributed by atoms with E-state index in [0.717, 1.165) is 25.4 Å². The number of nitrogens with zero attached hydrogens (tertiary/aromatic N) is 2. The highest BCUT2D eigenvalue weighted by Gasteiger charge is 2.04. The molecule has 1 rings (SSSR count). The lowest BCUT2D eigenvalue weighted by Gasteiger charge is -2.13. The van der Waals surface area contributed by atoms with Gasteiger partial charge >= 0.3 is 0 Å². The summed E-state index contributed by atoms with van der Waals surface area (Å²) in [6, 6.07) is 0.485. The molecule has 86 valence electrons. The summed E-state index contributed by atoms with van der Waals surface area (Å²) < 4.78 is 2.05. The fourth-order valence-electron chi connectivity index (χ4n) is 1.51. The lowest BCUT2D eigenvalue weighted by molar-refractivity contribution is 0.433. The summed E-state index contributed by atoms with van der Waals surface area (Å²) in [5.41, 5.74) is 1.23. The van der Waals surface area contributed by atoms with E-state index in [-0.39, 0.29) is 0 Å². The smallest absolute Gasteiger partial charge is 0.0519 e. The summed E-state index contributed by atoms with van der Waals surface area (Å²) >= 11 is 0. The molecule has 0 saturated carbocycles. The Labute approximate surface area is 92.9 Å². The standard InChI is InChI=1S/C12H23N3/c1-10(2)7-13-6-5-12(4)15-9-11(3)8-14-15/h8-10,12-13H,5-7H2,1-4H3. The van der Waals surface area contributed by atoms with Crippen molar-refractivity contribution in [3.63, 3.8) is 0 Å². The van der Waals surface area contributed by atoms with Crippen LogP contribution in [0, 0.1) is 12.8 Å². The summed E-state index contributed by atoms with van der Waals surface area (Å²) in [5, 5.41) is 7.77. The van der Waals surface area contributed by atoms with Crippen LogP contribution in [0.4, 0.5) is 0 Å². The molecule has 0 aliphatic carbocycles. The number of hydrogen-bond donors (Lipinski definition) is 1. The fourth-order valence-corrected chi connectivity index (χ4v) is 1.51. The molecule has 0 radical (unpaired) electrons. The van der Waals surface area contributed by atoms with E-state index in [1.807, 2.05) is 10.9 Å². The van der Waals surface area contributed by atoms with E-state index in [1.54, 1.807) is 0 Å². The van der Waals surface area contributed by atoms with Crippen LogP contribution in [0.15, 0.2) is 12.4 Å². The molecular weight excluding hydrogens is 186 g/mol. The average molecular weight is 209 g/mol. The minimum absolute atomic E-state index is 0.485. The van der Waals surface area contributed by atoms with E-state index in [0.29, 0.717) is 6.04 Å². The first-order valence-electron chi connectivity index (χ1n) is 5.81. The van der Waals surface area contributed by atoms with Crippen molar-refractivity contribution in [2.24, 2.45) is 5.92 Å². The second-order valence-corrected chi connectivity index (χ2v) is 4.73. The first kappa shape index (κ1) is 12.2. The van der Waals surface area contributed by atoms with E-state index in [4.69, 9.17) is 0 Å². The van der Waals surface area contributed by atoms with Gasteiger partial charge in [-0.3, -0.25) is 4.68 Å². The predicted molar refractivity (Wildman–Crippen MR) is 64.0 cm³/mol. The van der Waals surface area contributed by atoms with Gasteiger partial charge in [0.2, 0.25) is 0 Å². The van der Waals surface area contributed by atoms with Crippen LogP contribution in [-0.4, -0.2) is 22.9 Å². The Bertz CT molecular complexity index is 278. The zero-order chi connectivity index (χ0) is 11.3. The maximum absolute atomic E-state index is 4.32. The van der Waals surface area contributed by atoms with Crippen molar-refractivity contribution in [1.29, 1.82) is 0 Å². The number of aryl methyl sites for hydroxylation is 1. The molecule has 3 nitrogen and oxygen atoms in total. The molecule has 0 spiro atoms. The summed E-state index contributed by atoms with van der Waals surface area (Å²) in [4.78, 5) is 0. The molecule has 1 heterocycles. The predicted octanol–water partition coefficient (Wildman–Crippen LogP) is 2.39. The molecular formula is C12H23N3. The Hall–Kier alpha value is -0.830. The molecule has 15 heavy (non-hydrogen) atoms. The second kappa shape index (κ2) is 5.91. The third-order valence-electron chi connectivity index (χ3n) is 2.47. The number of aromatic nitrogens is 2. The first-order chi connectivity index (χ1) is 7.09. The van der Waals surface area contributed by atoms with Crippen LogP contribution in [0.5, 0.6) is 0 Å². The highest BCUT2D eigenvalue weighted by molar-refractivity contribution is 5.00. The number of nitrogens with one attached hydrogen (secondary N) is 1. The van der Waals surface area contributed by atoms with Crippen LogP contribution in [0.1, 0.15) is 38.8 Å². The first-order valence-corrected chi connectivity index (χ1v) is 5.81. The summed E-state index contributed by atoms with van der Waals surface area (Å²) in [6.07, 6.45) is 5.15. The average Bonchev–Trinajstić information content (AvgIpc) is 2.59. The number of hydrogen-bond acceptors (Lipinski definition) is 2. The molecule has 0 aliphatic rings. The topological polar surface area (TPSA) is 29.9 Å². The van der Waals surface area contributed by atoms with Crippen molar-refractivity contribution in [3.8, 4) is 0 Å². The van der Waals surface area contributed by atoms with Crippen molar-refractivity contribution >= 4 is 0 Å². The van der Waals surface area contributed by atoms with E-state index in [1.165, 1.54) is 5.56 Å². The minimum atomic E-state index is 0.485. The van der Waals surface area contributed by atoms with Crippen LogP contribution >= 0.6 is 0 Å². The van der Waals surface area contributed by atoms with Gasteiger partial charge < -0.3 is 5.32 Å². The minimum Gasteiger partial charge on any atom is -0.316 e. The SMILES string of the molecule is Cc1cnn(C(C)CCNCC(C)C)c1. The molecule has 0 bridgehead atoms. The second-order valence-electron chi connectivity index (χ2n) is 4.73. The summed E-state index contributed by atoms with van der Waals surface area (Å²) in [6.45, 7) is 10.9. The fraction of sp³-hybridized carbons (Fsp3) is 0.750. The lowest BCUT2D eigenvalue weighted by atomic mass is 10.2. The normalized spacial score (nSPS) is 13.4. The molecule has 1 atom stereocenters. The number of rotatable bonds is 6. The molecule has 1 aromatic rings. The van der Waals surface area contributed by atoms with Gasteiger partial charge in [0, 0.05) is 6.20 Å². The van der Waals surface area contributed by atoms with Crippen LogP contribution < -0.4 is 5.32 Å². The molecule has 1 aromatic heterocycles. The molecule has 1 unspecified atom stereocenters. The van der Waals surface area contributed by atoms with Gasteiger partial charge in [0.05, 0.1) is 12.2 Å². The van der Waals surface area contributed by atoms with Crippen LogP contribution in [0.2, 0.25) is 0 Å². The van der Waals surface area contributed by atoms with Crippen molar-refractivity contribution in [2.75, 3.05) is 13.1 Å². The lowest BCUT2D eigenvalue weighted by Crippen LogP contribution is -2.23. The molecule has 0 fully saturated rings. The Balaban J connectivity index is 2.21. The third kappa shape index (κ3) is 4.47.